The summed E-state index contributed by atoms with van der Waals surface area (Å²) in [6.45, 7) is 8.81. The fourth-order valence-corrected chi connectivity index (χ4v) is 4.45. The van der Waals surface area contributed by atoms with E-state index in [2.05, 4.69) is 10.3 Å². The molecule has 3 amide bonds. The van der Waals surface area contributed by atoms with E-state index < -0.39 is 29.6 Å². The van der Waals surface area contributed by atoms with E-state index in [-0.39, 0.29) is 37.5 Å². The van der Waals surface area contributed by atoms with Gasteiger partial charge in [-0.25, -0.2) is 9.78 Å². The maximum Gasteiger partial charge on any atom is 0.409 e. The number of carbonyl (C=O) groups excluding carboxylic acids is 4. The van der Waals surface area contributed by atoms with Crippen molar-refractivity contribution in [3.8, 4) is 11.3 Å². The first-order chi connectivity index (χ1) is 19.5. The molecule has 3 rings (SSSR count). The van der Waals surface area contributed by atoms with Crippen LogP contribution in [0.3, 0.4) is 0 Å². The van der Waals surface area contributed by atoms with Crippen molar-refractivity contribution in [2.24, 2.45) is 0 Å². The van der Waals surface area contributed by atoms with Crippen LogP contribution in [0, 0.1) is 0 Å². The number of nitrogens with one attached hydrogen (secondary N) is 1. The Balaban J connectivity index is 1.72. The van der Waals surface area contributed by atoms with E-state index in [9.17, 15) is 19.2 Å². The van der Waals surface area contributed by atoms with E-state index in [4.69, 9.17) is 21.1 Å². The molecule has 1 atom stereocenters. The lowest BCUT2D eigenvalue weighted by Crippen LogP contribution is -2.56. The van der Waals surface area contributed by atoms with E-state index >= 15 is 0 Å². The van der Waals surface area contributed by atoms with Gasteiger partial charge in [0.15, 0.2) is 0 Å². The van der Waals surface area contributed by atoms with E-state index in [0.29, 0.717) is 30.4 Å². The van der Waals surface area contributed by atoms with Crippen LogP contribution in [0.5, 0.6) is 0 Å². The molecule has 1 saturated heterocycles. The summed E-state index contributed by atoms with van der Waals surface area (Å²) in [4.78, 5) is 59.3. The number of aromatic nitrogens is 1. The Morgan fingerprint density at radius 1 is 1.02 bits per heavy atom. The predicted molar refractivity (Wildman–Crippen MR) is 155 cm³/mol. The smallest absolute Gasteiger partial charge is 0.409 e. The van der Waals surface area contributed by atoms with Gasteiger partial charge in [0.2, 0.25) is 5.91 Å². The molecule has 1 aliphatic heterocycles. The van der Waals surface area contributed by atoms with Gasteiger partial charge < -0.3 is 24.6 Å². The minimum Gasteiger partial charge on any atom is -0.460 e. The molecule has 41 heavy (non-hydrogen) atoms. The Bertz CT molecular complexity index is 1210. The summed E-state index contributed by atoms with van der Waals surface area (Å²) in [5.74, 6) is -1.42. The van der Waals surface area contributed by atoms with Crippen molar-refractivity contribution < 1.29 is 28.7 Å². The molecule has 0 aliphatic carbocycles. The second kappa shape index (κ2) is 14.8. The zero-order chi connectivity index (χ0) is 30.0. The number of piperazine rings is 1. The van der Waals surface area contributed by atoms with Crippen LogP contribution in [-0.2, 0) is 19.1 Å². The van der Waals surface area contributed by atoms with Crippen molar-refractivity contribution in [3.05, 3.63) is 53.2 Å². The lowest BCUT2D eigenvalue weighted by molar-refractivity contribution is -0.155. The zero-order valence-corrected chi connectivity index (χ0v) is 24.9. The monoisotopic (exact) mass is 586 g/mol. The van der Waals surface area contributed by atoms with E-state index in [1.54, 1.807) is 36.6 Å². The molecule has 2 heterocycles. The first-order valence-electron chi connectivity index (χ1n) is 13.9. The number of rotatable bonds is 10. The number of ether oxygens (including phenoxy) is 2. The molecule has 0 spiro atoms. The Hall–Kier alpha value is -3.66. The lowest BCUT2D eigenvalue weighted by atomic mass is 10.1. The summed E-state index contributed by atoms with van der Waals surface area (Å²) in [6, 6.07) is 11.4. The van der Waals surface area contributed by atoms with Crippen molar-refractivity contribution in [1.29, 1.82) is 0 Å². The van der Waals surface area contributed by atoms with E-state index in [1.165, 1.54) is 6.07 Å². The average molecular weight is 587 g/mol. The molecule has 10 nitrogen and oxygen atoms in total. The number of nitrogens with zero attached hydrogens (tertiary/aromatic N) is 3. The molecule has 222 valence electrons. The van der Waals surface area contributed by atoms with Crippen LogP contribution < -0.4 is 5.32 Å². The van der Waals surface area contributed by atoms with Crippen LogP contribution in [0.1, 0.15) is 63.9 Å². The first kappa shape index (κ1) is 31.9. The number of unbranched alkanes of at least 4 members (excludes halogenated alkanes) is 1. The van der Waals surface area contributed by atoms with Crippen LogP contribution in [0.25, 0.3) is 11.3 Å². The van der Waals surface area contributed by atoms with Crippen molar-refractivity contribution >= 4 is 35.5 Å². The Labute approximate surface area is 246 Å². The summed E-state index contributed by atoms with van der Waals surface area (Å²) in [6.07, 6.45) is 1.27. The minimum absolute atomic E-state index is 0.0326. The number of hydrogen-bond donors (Lipinski definition) is 1. The molecule has 0 radical (unpaired) electrons. The highest BCUT2D eigenvalue weighted by Crippen LogP contribution is 2.22. The quantitative estimate of drug-likeness (QED) is 0.316. The van der Waals surface area contributed by atoms with Gasteiger partial charge in [-0.1, -0.05) is 55.3 Å². The number of carbonyl (C=O) groups is 4. The van der Waals surface area contributed by atoms with Crippen molar-refractivity contribution in [1.82, 2.24) is 20.1 Å². The summed E-state index contributed by atoms with van der Waals surface area (Å²) in [5.41, 5.74) is 0.668. The Morgan fingerprint density at radius 2 is 1.68 bits per heavy atom. The number of amides is 3. The number of halogens is 1. The highest BCUT2D eigenvalue weighted by atomic mass is 35.5. The minimum atomic E-state index is -1.01. The molecule has 0 unspecified atom stereocenters. The van der Waals surface area contributed by atoms with Gasteiger partial charge in [-0.2, -0.15) is 0 Å². The third-order valence-electron chi connectivity index (χ3n) is 6.33. The van der Waals surface area contributed by atoms with Crippen LogP contribution in [0.2, 0.25) is 5.02 Å². The molecule has 1 aliphatic rings. The fourth-order valence-electron chi connectivity index (χ4n) is 4.24. The highest BCUT2D eigenvalue weighted by molar-refractivity contribution is 6.31. The third-order valence-corrected chi connectivity index (χ3v) is 6.54. The number of pyridine rings is 1. The van der Waals surface area contributed by atoms with Gasteiger partial charge in [0.05, 0.1) is 12.3 Å². The van der Waals surface area contributed by atoms with Gasteiger partial charge in [-0.15, -0.1) is 0 Å². The lowest BCUT2D eigenvalue weighted by Gasteiger charge is -2.36. The molecular weight excluding hydrogens is 548 g/mol. The number of esters is 1. The summed E-state index contributed by atoms with van der Waals surface area (Å²) < 4.78 is 10.7. The van der Waals surface area contributed by atoms with Crippen LogP contribution in [-0.4, -0.2) is 83.1 Å². The predicted octanol–water partition coefficient (Wildman–Crippen LogP) is 4.70. The normalized spacial score (nSPS) is 14.3. The van der Waals surface area contributed by atoms with E-state index in [1.807, 2.05) is 37.3 Å². The largest absolute Gasteiger partial charge is 0.460 e. The highest BCUT2D eigenvalue weighted by Gasteiger charge is 2.32. The van der Waals surface area contributed by atoms with Crippen LogP contribution >= 0.6 is 11.6 Å². The van der Waals surface area contributed by atoms with Crippen LogP contribution in [0.4, 0.5) is 4.79 Å². The Morgan fingerprint density at radius 3 is 2.32 bits per heavy atom. The summed E-state index contributed by atoms with van der Waals surface area (Å²) >= 11 is 6.31. The van der Waals surface area contributed by atoms with Gasteiger partial charge >= 0.3 is 12.1 Å². The zero-order valence-electron chi connectivity index (χ0n) is 24.2. The second-order valence-corrected chi connectivity index (χ2v) is 11.3. The number of hydrogen-bond acceptors (Lipinski definition) is 7. The van der Waals surface area contributed by atoms with Gasteiger partial charge in [0, 0.05) is 43.2 Å². The topological polar surface area (TPSA) is 118 Å². The molecule has 1 aromatic carbocycles. The van der Waals surface area contributed by atoms with E-state index in [0.717, 1.165) is 18.4 Å². The molecule has 1 fully saturated rings. The maximum absolute atomic E-state index is 13.6. The number of benzene rings is 1. The summed E-state index contributed by atoms with van der Waals surface area (Å²) in [5, 5.41) is 3.08. The van der Waals surface area contributed by atoms with Gasteiger partial charge in [0.25, 0.3) is 5.91 Å². The third kappa shape index (κ3) is 10.0. The van der Waals surface area contributed by atoms with Gasteiger partial charge in [-0.3, -0.25) is 14.4 Å². The van der Waals surface area contributed by atoms with Crippen molar-refractivity contribution in [2.45, 2.75) is 65.0 Å². The average Bonchev–Trinajstić information content (AvgIpc) is 2.94. The fraction of sp³-hybridized carbons (Fsp3) is 0.500. The van der Waals surface area contributed by atoms with Gasteiger partial charge in [-0.05, 0) is 45.7 Å². The molecular formula is C30H39ClN4O6. The first-order valence-corrected chi connectivity index (χ1v) is 14.3. The van der Waals surface area contributed by atoms with Crippen LogP contribution in [0.15, 0.2) is 42.5 Å². The molecule has 0 saturated carbocycles. The van der Waals surface area contributed by atoms with Gasteiger partial charge in [0.1, 0.15) is 17.3 Å². The Kier molecular flexibility index (Phi) is 11.5. The maximum atomic E-state index is 13.6. The molecule has 11 heteroatoms. The summed E-state index contributed by atoms with van der Waals surface area (Å²) in [7, 11) is 0. The SMILES string of the molecule is CCCCOC(=O)N1CCN(C(=O)[C@H](CCC(=O)OC(C)(C)C)NC(=O)c2cc(Cl)cc(-c3ccccc3)n2)CC1. The molecule has 0 bridgehead atoms. The molecule has 2 aromatic rings. The van der Waals surface area contributed by atoms with Crippen molar-refractivity contribution in [2.75, 3.05) is 32.8 Å². The van der Waals surface area contributed by atoms with Crippen molar-refractivity contribution in [3.63, 3.8) is 0 Å². The molecule has 1 aromatic heterocycles. The molecule has 1 N–H and O–H groups in total. The second-order valence-electron chi connectivity index (χ2n) is 10.9. The standard InChI is InChI=1S/C30H39ClN4O6/c1-5-6-18-40-29(39)35-16-14-34(15-17-35)28(38)23(12-13-26(36)41-30(2,3)4)33-27(37)25-20-22(31)19-24(32-25)21-10-8-7-9-11-21/h7-11,19-20,23H,5-6,12-18H2,1-4H3,(H,33,37)/t23-/m0/s1.